The van der Waals surface area contributed by atoms with Gasteiger partial charge in [-0.1, -0.05) is 35.0 Å². The van der Waals surface area contributed by atoms with E-state index in [-0.39, 0.29) is 11.9 Å². The molecule has 3 nitrogen and oxygen atoms in total. The van der Waals surface area contributed by atoms with Crippen molar-refractivity contribution in [2.75, 3.05) is 18.0 Å². The molecule has 1 fully saturated rings. The predicted molar refractivity (Wildman–Crippen MR) is 107 cm³/mol. The van der Waals surface area contributed by atoms with Crippen LogP contribution in [0.4, 0.5) is 5.69 Å². The zero-order valence-corrected chi connectivity index (χ0v) is 16.4. The zero-order valence-electron chi connectivity index (χ0n) is 14.8. The van der Waals surface area contributed by atoms with Gasteiger partial charge in [0.25, 0.3) is 5.91 Å². The van der Waals surface area contributed by atoms with Crippen molar-refractivity contribution >= 4 is 27.5 Å². The lowest BCUT2D eigenvalue weighted by atomic mass is 9.99. The van der Waals surface area contributed by atoms with Crippen molar-refractivity contribution < 1.29 is 4.79 Å². The maximum absolute atomic E-state index is 12.4. The maximum atomic E-state index is 12.4. The number of rotatable bonds is 4. The lowest BCUT2D eigenvalue weighted by Crippen LogP contribution is -2.34. The van der Waals surface area contributed by atoms with Crippen molar-refractivity contribution in [2.24, 2.45) is 5.92 Å². The number of benzene rings is 2. The van der Waals surface area contributed by atoms with E-state index in [0.717, 1.165) is 29.0 Å². The van der Waals surface area contributed by atoms with Crippen LogP contribution < -0.4 is 10.2 Å². The van der Waals surface area contributed by atoms with Crippen molar-refractivity contribution in [2.45, 2.75) is 32.7 Å². The molecule has 2 aromatic carbocycles. The molecule has 1 saturated heterocycles. The van der Waals surface area contributed by atoms with E-state index in [1.807, 2.05) is 31.2 Å². The van der Waals surface area contributed by atoms with Crippen LogP contribution in [0.5, 0.6) is 0 Å². The van der Waals surface area contributed by atoms with Crippen LogP contribution in [0.25, 0.3) is 0 Å². The minimum absolute atomic E-state index is 0.0227. The van der Waals surface area contributed by atoms with Gasteiger partial charge < -0.3 is 10.2 Å². The molecule has 2 aromatic rings. The van der Waals surface area contributed by atoms with Crippen LogP contribution in [0.1, 0.15) is 48.7 Å². The summed E-state index contributed by atoms with van der Waals surface area (Å²) in [4.78, 5) is 14.8. The van der Waals surface area contributed by atoms with Gasteiger partial charge in [-0.05, 0) is 67.6 Å². The Hall–Kier alpha value is -1.81. The number of piperidine rings is 1. The van der Waals surface area contributed by atoms with Gasteiger partial charge >= 0.3 is 0 Å². The van der Waals surface area contributed by atoms with E-state index < -0.39 is 0 Å². The number of amides is 1. The summed E-state index contributed by atoms with van der Waals surface area (Å²) in [7, 11) is 0. The molecular formula is C21H25BrN2O. The van der Waals surface area contributed by atoms with Crippen LogP contribution in [0, 0.1) is 5.92 Å². The van der Waals surface area contributed by atoms with Gasteiger partial charge in [0.15, 0.2) is 0 Å². The topological polar surface area (TPSA) is 32.3 Å². The predicted octanol–water partition coefficient (Wildman–Crippen LogP) is 5.18. The molecule has 0 radical (unpaired) electrons. The molecule has 1 heterocycles. The summed E-state index contributed by atoms with van der Waals surface area (Å²) < 4.78 is 0.972. The first-order valence-electron chi connectivity index (χ1n) is 8.94. The smallest absolute Gasteiger partial charge is 0.251 e. The molecule has 0 unspecified atom stereocenters. The van der Waals surface area contributed by atoms with E-state index >= 15 is 0 Å². The Morgan fingerprint density at radius 3 is 2.48 bits per heavy atom. The van der Waals surface area contributed by atoms with Gasteiger partial charge in [-0.15, -0.1) is 0 Å². The summed E-state index contributed by atoms with van der Waals surface area (Å²) in [5, 5.41) is 3.07. The van der Waals surface area contributed by atoms with Gasteiger partial charge in [0, 0.05) is 28.8 Å². The fraction of sp³-hybridized carbons (Fsp3) is 0.381. The van der Waals surface area contributed by atoms with E-state index in [2.05, 4.69) is 57.3 Å². The fourth-order valence-corrected chi connectivity index (χ4v) is 3.63. The van der Waals surface area contributed by atoms with Crippen molar-refractivity contribution in [3.05, 3.63) is 64.1 Å². The monoisotopic (exact) mass is 400 g/mol. The Bertz CT molecular complexity index is 712. The van der Waals surface area contributed by atoms with Crippen LogP contribution >= 0.6 is 15.9 Å². The Morgan fingerprint density at radius 1 is 1.16 bits per heavy atom. The highest BCUT2D eigenvalue weighted by Crippen LogP contribution is 2.24. The van der Waals surface area contributed by atoms with E-state index in [9.17, 15) is 4.79 Å². The second-order valence-corrected chi connectivity index (χ2v) is 7.90. The Labute approximate surface area is 158 Å². The van der Waals surface area contributed by atoms with Crippen molar-refractivity contribution in [3.8, 4) is 0 Å². The normalized spacial score (nSPS) is 18.7. The van der Waals surface area contributed by atoms with Crippen molar-refractivity contribution in [3.63, 3.8) is 0 Å². The molecule has 0 aliphatic carbocycles. The van der Waals surface area contributed by atoms with Gasteiger partial charge in [0.05, 0.1) is 6.04 Å². The lowest BCUT2D eigenvalue weighted by Gasteiger charge is -2.33. The summed E-state index contributed by atoms with van der Waals surface area (Å²) in [5.41, 5.74) is 3.08. The van der Waals surface area contributed by atoms with Crippen LogP contribution in [-0.4, -0.2) is 19.0 Å². The summed E-state index contributed by atoms with van der Waals surface area (Å²) in [6.07, 6.45) is 2.59. The highest BCUT2D eigenvalue weighted by Gasteiger charge is 2.17. The Balaban J connectivity index is 1.63. The molecule has 25 heavy (non-hydrogen) atoms. The van der Waals surface area contributed by atoms with Crippen LogP contribution in [0.3, 0.4) is 0 Å². The second-order valence-electron chi connectivity index (χ2n) is 6.99. The highest BCUT2D eigenvalue weighted by molar-refractivity contribution is 9.10. The lowest BCUT2D eigenvalue weighted by molar-refractivity contribution is 0.0940. The summed E-state index contributed by atoms with van der Waals surface area (Å²) in [5.74, 6) is 0.714. The largest absolute Gasteiger partial charge is 0.371 e. The molecular weight excluding hydrogens is 376 g/mol. The SMILES string of the molecule is C[C@H]1CCCN(c2ccc([C@@H](C)NC(=O)c3ccc(Br)cc3)cc2)C1. The minimum Gasteiger partial charge on any atom is -0.371 e. The molecule has 4 heteroatoms. The number of carbonyl (C=O) groups excluding carboxylic acids is 1. The average molecular weight is 401 g/mol. The van der Waals surface area contributed by atoms with E-state index in [1.54, 1.807) is 0 Å². The molecule has 1 N–H and O–H groups in total. The molecule has 1 aliphatic rings. The number of hydrogen-bond donors (Lipinski definition) is 1. The zero-order chi connectivity index (χ0) is 17.8. The molecule has 0 saturated carbocycles. The molecule has 1 amide bonds. The third kappa shape index (κ3) is 4.63. The maximum Gasteiger partial charge on any atom is 0.251 e. The molecule has 0 spiro atoms. The van der Waals surface area contributed by atoms with Gasteiger partial charge in [-0.3, -0.25) is 4.79 Å². The average Bonchev–Trinajstić information content (AvgIpc) is 2.62. The standard InChI is InChI=1S/C21H25BrN2O/c1-15-4-3-13-24(14-15)20-11-7-17(8-12-20)16(2)23-21(25)18-5-9-19(22)10-6-18/h5-12,15-16H,3-4,13-14H2,1-2H3,(H,23,25)/t15-,16+/m0/s1. The summed E-state index contributed by atoms with van der Waals surface area (Å²) in [6, 6.07) is 16.0. The molecule has 132 valence electrons. The van der Waals surface area contributed by atoms with Crippen molar-refractivity contribution in [1.29, 1.82) is 0 Å². The molecule has 1 aliphatic heterocycles. The second kappa shape index (κ2) is 8.05. The van der Waals surface area contributed by atoms with Gasteiger partial charge in [-0.2, -0.15) is 0 Å². The number of anilines is 1. The Kier molecular flexibility index (Phi) is 5.79. The number of nitrogens with zero attached hydrogens (tertiary/aromatic N) is 1. The number of hydrogen-bond acceptors (Lipinski definition) is 2. The van der Waals surface area contributed by atoms with E-state index in [4.69, 9.17) is 0 Å². The molecule has 2 atom stereocenters. The van der Waals surface area contributed by atoms with Crippen LogP contribution in [0.2, 0.25) is 0 Å². The Morgan fingerprint density at radius 2 is 1.84 bits per heavy atom. The first-order valence-corrected chi connectivity index (χ1v) is 9.73. The van der Waals surface area contributed by atoms with Crippen molar-refractivity contribution in [1.82, 2.24) is 5.32 Å². The number of carbonyl (C=O) groups is 1. The summed E-state index contributed by atoms with van der Waals surface area (Å²) >= 11 is 3.39. The van der Waals surface area contributed by atoms with Crippen LogP contribution in [-0.2, 0) is 0 Å². The molecule has 3 rings (SSSR count). The third-order valence-electron chi connectivity index (χ3n) is 4.87. The van der Waals surface area contributed by atoms with Gasteiger partial charge in [0.2, 0.25) is 0 Å². The molecule has 0 bridgehead atoms. The highest BCUT2D eigenvalue weighted by atomic mass is 79.9. The molecule has 0 aromatic heterocycles. The summed E-state index contributed by atoms with van der Waals surface area (Å²) in [6.45, 7) is 6.61. The number of halogens is 1. The first-order chi connectivity index (χ1) is 12.0. The minimum atomic E-state index is -0.0473. The first kappa shape index (κ1) is 18.0. The van der Waals surface area contributed by atoms with E-state index in [0.29, 0.717) is 5.56 Å². The van der Waals surface area contributed by atoms with Gasteiger partial charge in [0.1, 0.15) is 0 Å². The van der Waals surface area contributed by atoms with E-state index in [1.165, 1.54) is 18.5 Å². The third-order valence-corrected chi connectivity index (χ3v) is 5.40. The quantitative estimate of drug-likeness (QED) is 0.766. The number of nitrogens with one attached hydrogen (secondary N) is 1. The fourth-order valence-electron chi connectivity index (χ4n) is 3.36. The van der Waals surface area contributed by atoms with Crippen LogP contribution in [0.15, 0.2) is 53.0 Å². The van der Waals surface area contributed by atoms with Gasteiger partial charge in [-0.25, -0.2) is 0 Å².